The van der Waals surface area contributed by atoms with Crippen molar-refractivity contribution in [3.8, 4) is 0 Å². The Morgan fingerprint density at radius 3 is 2.08 bits per heavy atom. The first kappa shape index (κ1) is 9.25. The van der Waals surface area contributed by atoms with E-state index in [-0.39, 0.29) is 5.92 Å². The van der Waals surface area contributed by atoms with E-state index in [1.807, 2.05) is 0 Å². The molecule has 13 heavy (non-hydrogen) atoms. The molecule has 0 saturated carbocycles. The molecule has 1 aromatic carbocycles. The van der Waals surface area contributed by atoms with Crippen LogP contribution in [0.15, 0.2) is 30.3 Å². The van der Waals surface area contributed by atoms with E-state index in [1.54, 1.807) is 18.2 Å². The van der Waals surface area contributed by atoms with Gasteiger partial charge in [0, 0.05) is 0 Å². The lowest BCUT2D eigenvalue weighted by Gasteiger charge is -2.05. The average molecular weight is 178 g/mol. The highest BCUT2D eigenvalue weighted by molar-refractivity contribution is 6.14. The molecule has 0 spiro atoms. The Bertz CT molecular complexity index is 307. The minimum Gasteiger partial charge on any atom is -0.480 e. The number of carboxylic acid groups (broad SMARTS) is 1. The van der Waals surface area contributed by atoms with Crippen LogP contribution in [0.2, 0.25) is 0 Å². The number of nitrogens with two attached hydrogens (primary N) is 1. The summed E-state index contributed by atoms with van der Waals surface area (Å²) in [6.07, 6.45) is 0. The number of carbonyl (C=O) groups is 2. The van der Waals surface area contributed by atoms with Crippen LogP contribution in [-0.4, -0.2) is 17.0 Å². The van der Waals surface area contributed by atoms with Gasteiger partial charge < -0.3 is 10.8 Å². The van der Waals surface area contributed by atoms with Gasteiger partial charge in [-0.05, 0) is 5.56 Å². The summed E-state index contributed by atoms with van der Waals surface area (Å²) in [5.74, 6) is -2.63. The molecule has 1 radical (unpaired) electrons. The highest BCUT2D eigenvalue weighted by Crippen LogP contribution is 2.13. The molecule has 0 aliphatic carbocycles. The number of hydrogen-bond donors (Lipinski definition) is 2. The number of primary amides is 1. The topological polar surface area (TPSA) is 80.4 Å². The van der Waals surface area contributed by atoms with E-state index in [0.29, 0.717) is 5.56 Å². The van der Waals surface area contributed by atoms with Crippen LogP contribution in [0, 0.1) is 5.92 Å². The van der Waals surface area contributed by atoms with Gasteiger partial charge in [0.05, 0.1) is 0 Å². The summed E-state index contributed by atoms with van der Waals surface area (Å²) < 4.78 is 0. The van der Waals surface area contributed by atoms with Crippen molar-refractivity contribution < 1.29 is 14.7 Å². The summed E-state index contributed by atoms with van der Waals surface area (Å²) in [7, 11) is 0. The van der Waals surface area contributed by atoms with Gasteiger partial charge in [-0.25, -0.2) is 0 Å². The molecule has 1 rings (SSSR count). The second-order valence-corrected chi connectivity index (χ2v) is 2.41. The van der Waals surface area contributed by atoms with E-state index in [0.717, 1.165) is 0 Å². The van der Waals surface area contributed by atoms with Gasteiger partial charge in [-0.3, -0.25) is 9.59 Å². The largest absolute Gasteiger partial charge is 0.480 e. The van der Waals surface area contributed by atoms with Crippen LogP contribution in [0.25, 0.3) is 0 Å². The maximum atomic E-state index is 10.7. The first-order valence-electron chi connectivity index (χ1n) is 3.58. The molecular formula is C9H8NO3. The number of carbonyl (C=O) groups excluding carboxylic acids is 1. The molecule has 0 atom stereocenters. The van der Waals surface area contributed by atoms with Crippen molar-refractivity contribution in [3.63, 3.8) is 0 Å². The molecule has 67 valence electrons. The van der Waals surface area contributed by atoms with Crippen LogP contribution in [0.3, 0.4) is 0 Å². The number of carboxylic acids is 1. The SMILES string of the molecule is NC(=O)[C](C(=O)O)c1ccccc1. The van der Waals surface area contributed by atoms with Gasteiger partial charge in [-0.15, -0.1) is 0 Å². The highest BCUT2D eigenvalue weighted by Gasteiger charge is 2.26. The maximum Gasteiger partial charge on any atom is 0.325 e. The Hall–Kier alpha value is -1.84. The van der Waals surface area contributed by atoms with E-state index >= 15 is 0 Å². The molecular weight excluding hydrogens is 170 g/mol. The van der Waals surface area contributed by atoms with Gasteiger partial charge in [0.25, 0.3) is 0 Å². The molecule has 1 aromatic rings. The molecule has 0 bridgehead atoms. The van der Waals surface area contributed by atoms with E-state index in [4.69, 9.17) is 10.8 Å². The minimum atomic E-state index is -1.31. The van der Waals surface area contributed by atoms with Crippen molar-refractivity contribution in [1.82, 2.24) is 0 Å². The summed E-state index contributed by atoms with van der Waals surface area (Å²) in [4.78, 5) is 21.3. The van der Waals surface area contributed by atoms with Crippen LogP contribution in [-0.2, 0) is 9.59 Å². The summed E-state index contributed by atoms with van der Waals surface area (Å²) in [6, 6.07) is 8.05. The van der Waals surface area contributed by atoms with Crippen molar-refractivity contribution in [3.05, 3.63) is 41.8 Å². The number of rotatable bonds is 3. The Balaban J connectivity index is 3.03. The average Bonchev–Trinajstić information content (AvgIpc) is 2.04. The van der Waals surface area contributed by atoms with Crippen LogP contribution < -0.4 is 5.73 Å². The minimum absolute atomic E-state index is 0.322. The monoisotopic (exact) mass is 178 g/mol. The summed E-state index contributed by atoms with van der Waals surface area (Å²) >= 11 is 0. The number of benzene rings is 1. The third-order valence-corrected chi connectivity index (χ3v) is 1.52. The Morgan fingerprint density at radius 1 is 1.15 bits per heavy atom. The van der Waals surface area contributed by atoms with Crippen molar-refractivity contribution in [1.29, 1.82) is 0 Å². The van der Waals surface area contributed by atoms with Crippen LogP contribution in [0.5, 0.6) is 0 Å². The summed E-state index contributed by atoms with van der Waals surface area (Å²) in [5, 5.41) is 8.66. The molecule has 0 aromatic heterocycles. The molecule has 0 aliphatic rings. The first-order chi connectivity index (χ1) is 6.13. The number of amides is 1. The van der Waals surface area contributed by atoms with Gasteiger partial charge in [-0.2, -0.15) is 0 Å². The lowest BCUT2D eigenvalue weighted by Crippen LogP contribution is -2.28. The predicted octanol–water partition coefficient (Wildman–Crippen LogP) is 0.179. The van der Waals surface area contributed by atoms with Crippen molar-refractivity contribution in [2.75, 3.05) is 0 Å². The molecule has 0 aliphatic heterocycles. The van der Waals surface area contributed by atoms with E-state index in [2.05, 4.69) is 0 Å². The fourth-order valence-electron chi connectivity index (χ4n) is 0.976. The zero-order chi connectivity index (χ0) is 9.84. The highest BCUT2D eigenvalue weighted by atomic mass is 16.4. The fourth-order valence-corrected chi connectivity index (χ4v) is 0.976. The van der Waals surface area contributed by atoms with Gasteiger partial charge >= 0.3 is 5.97 Å². The zero-order valence-electron chi connectivity index (χ0n) is 6.73. The molecule has 4 nitrogen and oxygen atoms in total. The number of aliphatic carboxylic acids is 1. The Kier molecular flexibility index (Phi) is 2.64. The number of hydrogen-bond acceptors (Lipinski definition) is 2. The van der Waals surface area contributed by atoms with Crippen molar-refractivity contribution in [2.24, 2.45) is 5.73 Å². The smallest absolute Gasteiger partial charge is 0.325 e. The first-order valence-corrected chi connectivity index (χ1v) is 3.58. The normalized spacial score (nSPS) is 9.92. The van der Waals surface area contributed by atoms with Crippen LogP contribution in [0.1, 0.15) is 5.56 Å². The van der Waals surface area contributed by atoms with Gasteiger partial charge in [0.2, 0.25) is 5.91 Å². The van der Waals surface area contributed by atoms with E-state index < -0.39 is 11.9 Å². The molecule has 4 heteroatoms. The van der Waals surface area contributed by atoms with Crippen LogP contribution >= 0.6 is 0 Å². The second kappa shape index (κ2) is 3.71. The summed E-state index contributed by atoms with van der Waals surface area (Å²) in [5.41, 5.74) is 5.23. The third kappa shape index (κ3) is 2.05. The van der Waals surface area contributed by atoms with Gasteiger partial charge in [0.1, 0.15) is 0 Å². The second-order valence-electron chi connectivity index (χ2n) is 2.41. The van der Waals surface area contributed by atoms with E-state index in [9.17, 15) is 9.59 Å². The Labute approximate surface area is 75.0 Å². The van der Waals surface area contributed by atoms with Gasteiger partial charge in [-0.1, -0.05) is 30.3 Å². The van der Waals surface area contributed by atoms with E-state index in [1.165, 1.54) is 12.1 Å². The maximum absolute atomic E-state index is 10.7. The fraction of sp³-hybridized carbons (Fsp3) is 0. The Morgan fingerprint density at radius 2 is 1.69 bits per heavy atom. The predicted molar refractivity (Wildman–Crippen MR) is 45.6 cm³/mol. The molecule has 3 N–H and O–H groups in total. The molecule has 0 fully saturated rings. The molecule has 0 unspecified atom stereocenters. The standard InChI is InChI=1S/C9H8NO3/c10-8(11)7(9(12)13)6-4-2-1-3-5-6/h1-5H,(H2,10,11)(H,12,13). The molecule has 0 saturated heterocycles. The molecule has 0 heterocycles. The van der Waals surface area contributed by atoms with Gasteiger partial charge in [0.15, 0.2) is 5.92 Å². The third-order valence-electron chi connectivity index (χ3n) is 1.52. The van der Waals surface area contributed by atoms with Crippen molar-refractivity contribution >= 4 is 11.9 Å². The zero-order valence-corrected chi connectivity index (χ0v) is 6.73. The summed E-state index contributed by atoms with van der Waals surface area (Å²) in [6.45, 7) is 0. The quantitative estimate of drug-likeness (QED) is 0.648. The van der Waals surface area contributed by atoms with Crippen molar-refractivity contribution in [2.45, 2.75) is 0 Å². The lowest BCUT2D eigenvalue weighted by molar-refractivity contribution is -0.136. The molecule has 1 amide bonds. The lowest BCUT2D eigenvalue weighted by atomic mass is 9.99. The van der Waals surface area contributed by atoms with Crippen LogP contribution in [0.4, 0.5) is 0 Å².